The summed E-state index contributed by atoms with van der Waals surface area (Å²) in [4.78, 5) is 25.9. The number of carbonyl (C=O) groups is 2. The van der Waals surface area contributed by atoms with Crippen LogP contribution < -0.4 is 10.2 Å². The van der Waals surface area contributed by atoms with E-state index >= 15 is 0 Å². The number of hydrogen-bond acceptors (Lipinski definition) is 5. The van der Waals surface area contributed by atoms with E-state index in [1.807, 2.05) is 48.5 Å². The average Bonchev–Trinajstić information content (AvgIpc) is 3.19. The van der Waals surface area contributed by atoms with Gasteiger partial charge in [-0.05, 0) is 61.4 Å². The number of nitrogens with one attached hydrogen (secondary N) is 1. The molecule has 2 atom stereocenters. The normalized spacial score (nSPS) is 17.7. The van der Waals surface area contributed by atoms with Crippen LogP contribution in [0.3, 0.4) is 0 Å². The molecule has 0 unspecified atom stereocenters. The fraction of sp³-hybridized carbons (Fsp3) is 0.292. The van der Waals surface area contributed by atoms with Crippen LogP contribution in [-0.4, -0.2) is 34.8 Å². The molecule has 1 amide bonds. The number of esters is 1. The van der Waals surface area contributed by atoms with Crippen molar-refractivity contribution < 1.29 is 14.3 Å². The zero-order valence-electron chi connectivity index (χ0n) is 18.1. The molecule has 7 nitrogen and oxygen atoms in total. The summed E-state index contributed by atoms with van der Waals surface area (Å²) < 4.78 is 6.55. The van der Waals surface area contributed by atoms with Crippen molar-refractivity contribution in [2.75, 3.05) is 17.3 Å². The first-order valence-electron chi connectivity index (χ1n) is 10.3. The van der Waals surface area contributed by atoms with Gasteiger partial charge in [-0.1, -0.05) is 6.07 Å². The van der Waals surface area contributed by atoms with Gasteiger partial charge in [-0.2, -0.15) is 5.10 Å². The molecule has 0 fully saturated rings. The van der Waals surface area contributed by atoms with Crippen molar-refractivity contribution in [1.29, 1.82) is 0 Å². The zero-order chi connectivity index (χ0) is 22.1. The zero-order valence-corrected chi connectivity index (χ0v) is 18.1. The van der Waals surface area contributed by atoms with E-state index < -0.39 is 0 Å². The minimum Gasteiger partial charge on any atom is -0.465 e. The summed E-state index contributed by atoms with van der Waals surface area (Å²) in [7, 11) is 3.26. The quantitative estimate of drug-likeness (QED) is 0.644. The summed E-state index contributed by atoms with van der Waals surface area (Å²) in [5, 5.41) is 8.09. The van der Waals surface area contributed by atoms with Gasteiger partial charge >= 0.3 is 5.97 Å². The molecule has 1 aliphatic heterocycles. The van der Waals surface area contributed by atoms with Gasteiger partial charge in [0, 0.05) is 43.1 Å². The van der Waals surface area contributed by atoms with Crippen LogP contribution in [0.5, 0.6) is 0 Å². The summed E-state index contributed by atoms with van der Waals surface area (Å²) in [6, 6.07) is 15.4. The number of fused-ring (bicyclic) bond motifs is 1. The minimum absolute atomic E-state index is 0.00763. The van der Waals surface area contributed by atoms with Crippen molar-refractivity contribution in [2.45, 2.75) is 32.4 Å². The van der Waals surface area contributed by atoms with E-state index in [1.54, 1.807) is 23.7 Å². The van der Waals surface area contributed by atoms with Crippen molar-refractivity contribution in [2.24, 2.45) is 7.05 Å². The maximum Gasteiger partial charge on any atom is 0.337 e. The molecule has 1 aliphatic rings. The van der Waals surface area contributed by atoms with Crippen molar-refractivity contribution in [3.8, 4) is 11.3 Å². The first kappa shape index (κ1) is 20.7. The predicted molar refractivity (Wildman–Crippen MR) is 120 cm³/mol. The van der Waals surface area contributed by atoms with Crippen molar-refractivity contribution >= 4 is 23.3 Å². The third kappa shape index (κ3) is 4.03. The van der Waals surface area contributed by atoms with Crippen molar-refractivity contribution in [3.63, 3.8) is 0 Å². The molecule has 0 saturated carbocycles. The Morgan fingerprint density at radius 3 is 2.48 bits per heavy atom. The van der Waals surface area contributed by atoms with Gasteiger partial charge in [-0.3, -0.25) is 9.48 Å². The summed E-state index contributed by atoms with van der Waals surface area (Å²) >= 11 is 0. The third-order valence-corrected chi connectivity index (χ3v) is 5.68. The van der Waals surface area contributed by atoms with Crippen molar-refractivity contribution in [1.82, 2.24) is 9.78 Å². The molecule has 0 spiro atoms. The number of aryl methyl sites for hydroxylation is 1. The number of hydrogen-bond donors (Lipinski definition) is 1. The number of carbonyl (C=O) groups excluding carboxylic acids is 2. The van der Waals surface area contributed by atoms with Gasteiger partial charge in [0.2, 0.25) is 5.91 Å². The van der Waals surface area contributed by atoms with E-state index in [-0.39, 0.29) is 24.0 Å². The maximum absolute atomic E-state index is 12.4. The molecule has 31 heavy (non-hydrogen) atoms. The van der Waals surface area contributed by atoms with Gasteiger partial charge in [-0.15, -0.1) is 0 Å². The van der Waals surface area contributed by atoms with Crippen molar-refractivity contribution in [3.05, 3.63) is 65.9 Å². The molecule has 3 aromatic rings. The van der Waals surface area contributed by atoms with E-state index in [2.05, 4.69) is 23.4 Å². The van der Waals surface area contributed by atoms with Gasteiger partial charge in [0.1, 0.15) is 0 Å². The third-order valence-electron chi connectivity index (χ3n) is 5.68. The lowest BCUT2D eigenvalue weighted by molar-refractivity contribution is -0.117. The predicted octanol–water partition coefficient (Wildman–Crippen LogP) is 4.17. The van der Waals surface area contributed by atoms with E-state index in [1.165, 1.54) is 7.11 Å². The summed E-state index contributed by atoms with van der Waals surface area (Å²) in [6.45, 7) is 3.66. The number of methoxy groups -OCH3 is 1. The van der Waals surface area contributed by atoms with Gasteiger partial charge < -0.3 is 15.0 Å². The molecule has 7 heteroatoms. The number of anilines is 2. The second-order valence-electron chi connectivity index (χ2n) is 7.89. The molecule has 4 rings (SSSR count). The summed E-state index contributed by atoms with van der Waals surface area (Å²) in [5.41, 5.74) is 5.26. The number of nitrogens with zero attached hydrogens (tertiary/aromatic N) is 3. The fourth-order valence-corrected chi connectivity index (χ4v) is 4.23. The monoisotopic (exact) mass is 418 g/mol. The number of amides is 1. The molecule has 2 heterocycles. The second-order valence-corrected chi connectivity index (χ2v) is 7.89. The highest BCUT2D eigenvalue weighted by atomic mass is 16.5. The van der Waals surface area contributed by atoms with Crippen LogP contribution in [-0.2, 0) is 16.6 Å². The minimum atomic E-state index is -0.361. The molecular formula is C24H26N4O3. The number of aromatic nitrogens is 2. The molecule has 0 radical (unpaired) electrons. The Kier molecular flexibility index (Phi) is 5.50. The van der Waals surface area contributed by atoms with E-state index in [9.17, 15) is 9.59 Å². The Labute approximate surface area is 181 Å². The molecule has 1 N–H and O–H groups in total. The van der Waals surface area contributed by atoms with Crippen LogP contribution in [0.4, 0.5) is 11.4 Å². The first-order chi connectivity index (χ1) is 14.9. The largest absolute Gasteiger partial charge is 0.465 e. The Hall–Kier alpha value is -3.61. The van der Waals surface area contributed by atoms with Gasteiger partial charge in [0.25, 0.3) is 0 Å². The molecule has 0 bridgehead atoms. The van der Waals surface area contributed by atoms with Crippen LogP contribution in [0.1, 0.15) is 42.2 Å². The smallest absolute Gasteiger partial charge is 0.337 e. The van der Waals surface area contributed by atoms with Crippen LogP contribution in [0.25, 0.3) is 11.3 Å². The fourth-order valence-electron chi connectivity index (χ4n) is 4.23. The Morgan fingerprint density at radius 1 is 1.13 bits per heavy atom. The topological polar surface area (TPSA) is 76.5 Å². The molecule has 0 aliphatic carbocycles. The number of ether oxygens (including phenoxy) is 1. The SMILES string of the molecule is COC(=O)c1ccc(N[C@@H]2C[C@H](C)N(C(C)=O)c3ccc(-c4ccn(C)n4)cc32)cc1. The molecule has 2 aromatic carbocycles. The molecular weight excluding hydrogens is 392 g/mol. The highest BCUT2D eigenvalue weighted by molar-refractivity contribution is 5.94. The van der Waals surface area contributed by atoms with Gasteiger partial charge in [0.15, 0.2) is 0 Å². The van der Waals surface area contributed by atoms with Crippen LogP contribution in [0.15, 0.2) is 54.7 Å². The van der Waals surface area contributed by atoms with Crippen LogP contribution >= 0.6 is 0 Å². The van der Waals surface area contributed by atoms with Crippen LogP contribution in [0, 0.1) is 0 Å². The Bertz CT molecular complexity index is 1120. The van der Waals surface area contributed by atoms with E-state index in [0.29, 0.717) is 5.56 Å². The van der Waals surface area contributed by atoms with Crippen LogP contribution in [0.2, 0.25) is 0 Å². The number of benzene rings is 2. The van der Waals surface area contributed by atoms with Gasteiger partial charge in [-0.25, -0.2) is 4.79 Å². The first-order valence-corrected chi connectivity index (χ1v) is 10.3. The summed E-state index contributed by atoms with van der Waals surface area (Å²) in [6.07, 6.45) is 2.67. The average molecular weight is 418 g/mol. The number of rotatable bonds is 4. The lowest BCUT2D eigenvalue weighted by Crippen LogP contribution is -2.43. The van der Waals surface area contributed by atoms with E-state index in [4.69, 9.17) is 4.74 Å². The standard InChI is InChI=1S/C24H26N4O3/c1-15-13-22(25-19-8-5-17(6-9-19)24(30)31-4)20-14-18(21-11-12-27(3)26-21)7-10-23(20)28(15)16(2)29/h5-12,14-15,22,25H,13H2,1-4H3/t15-,22+/m0/s1. The lowest BCUT2D eigenvalue weighted by atomic mass is 9.89. The highest BCUT2D eigenvalue weighted by Crippen LogP contribution is 2.41. The van der Waals surface area contributed by atoms with Gasteiger partial charge in [0.05, 0.1) is 24.4 Å². The highest BCUT2D eigenvalue weighted by Gasteiger charge is 2.32. The Balaban J connectivity index is 1.71. The van der Waals surface area contributed by atoms with E-state index in [0.717, 1.165) is 34.6 Å². The Morgan fingerprint density at radius 2 is 1.87 bits per heavy atom. The second kappa shape index (κ2) is 8.26. The lowest BCUT2D eigenvalue weighted by Gasteiger charge is -2.39. The summed E-state index contributed by atoms with van der Waals surface area (Å²) in [5.74, 6) is -0.333. The molecule has 1 aromatic heterocycles. The molecule has 0 saturated heterocycles. The maximum atomic E-state index is 12.4. The molecule has 160 valence electrons.